The third-order valence-electron chi connectivity index (χ3n) is 3.34. The Morgan fingerprint density at radius 1 is 1.14 bits per heavy atom. The molecule has 0 N–H and O–H groups in total. The Bertz CT molecular complexity index is 822. The first-order valence-corrected chi connectivity index (χ1v) is 8.56. The van der Waals surface area contributed by atoms with E-state index in [2.05, 4.69) is 10.2 Å². The number of methoxy groups -OCH3 is 1. The number of ether oxygens (including phenoxy) is 1. The molecule has 1 aromatic carbocycles. The minimum atomic E-state index is 0.787. The Hall–Kier alpha value is -2.12. The second-order valence-corrected chi connectivity index (χ2v) is 6.55. The van der Waals surface area contributed by atoms with Gasteiger partial charge in [-0.15, -0.1) is 21.5 Å². The van der Waals surface area contributed by atoms with Gasteiger partial charge >= 0.3 is 0 Å². The number of fused-ring (bicyclic) bond motifs is 1. The van der Waals surface area contributed by atoms with Crippen LogP contribution in [0.5, 0.6) is 5.75 Å². The number of thioether (sulfide) groups is 1. The topological polar surface area (TPSA) is 52.3 Å². The van der Waals surface area contributed by atoms with E-state index in [1.54, 1.807) is 30.2 Å². The van der Waals surface area contributed by atoms with Crippen LogP contribution in [0.25, 0.3) is 10.7 Å². The summed E-state index contributed by atoms with van der Waals surface area (Å²) in [5.41, 5.74) is 2.10. The first-order valence-electron chi connectivity index (χ1n) is 6.69. The molecule has 0 amide bonds. The van der Waals surface area contributed by atoms with Crippen LogP contribution in [0.2, 0.25) is 0 Å². The summed E-state index contributed by atoms with van der Waals surface area (Å²) < 4.78 is 7.03. The van der Waals surface area contributed by atoms with E-state index in [4.69, 9.17) is 9.84 Å². The molecule has 0 unspecified atom stereocenters. The maximum atomic E-state index is 5.20. The highest BCUT2D eigenvalue weighted by Gasteiger charge is 2.21. The first-order chi connectivity index (χ1) is 10.8. The molecule has 110 valence electrons. The minimum Gasteiger partial charge on any atom is -0.497 e. The first kappa shape index (κ1) is 13.5. The van der Waals surface area contributed by atoms with Gasteiger partial charge in [0.25, 0.3) is 0 Å². The molecule has 3 heterocycles. The predicted molar refractivity (Wildman–Crippen MR) is 89.0 cm³/mol. The fourth-order valence-corrected chi connectivity index (χ4v) is 3.74. The Balaban J connectivity index is 1.75. The maximum absolute atomic E-state index is 5.20. The number of benzene rings is 1. The van der Waals surface area contributed by atoms with Crippen LogP contribution < -0.4 is 4.74 Å². The highest BCUT2D eigenvalue weighted by atomic mass is 32.2. The number of rotatable bonds is 3. The van der Waals surface area contributed by atoms with Crippen molar-refractivity contribution in [2.75, 3.05) is 12.9 Å². The van der Waals surface area contributed by atoms with Crippen LogP contribution in [-0.4, -0.2) is 33.4 Å². The zero-order valence-electron chi connectivity index (χ0n) is 11.8. The molecule has 0 radical (unpaired) electrons. The average Bonchev–Trinajstić information content (AvgIpc) is 3.23. The number of aromatic nitrogens is 3. The summed E-state index contributed by atoms with van der Waals surface area (Å²) in [4.78, 5) is 1.07. The standard InChI is InChI=1S/C15H12N4OS2/c1-20-11-6-4-10(5-7-11)12-9-22-15-17-16-14(19(15)18-12)13-3-2-8-21-13/h2-8H,9H2,1H3. The highest BCUT2D eigenvalue weighted by molar-refractivity contribution is 7.99. The van der Waals surface area contributed by atoms with E-state index in [-0.39, 0.29) is 0 Å². The lowest BCUT2D eigenvalue weighted by atomic mass is 10.1. The lowest BCUT2D eigenvalue weighted by molar-refractivity contribution is 0.415. The van der Waals surface area contributed by atoms with E-state index in [1.807, 2.05) is 46.5 Å². The Kier molecular flexibility index (Phi) is 3.44. The van der Waals surface area contributed by atoms with Crippen LogP contribution >= 0.6 is 23.1 Å². The zero-order valence-corrected chi connectivity index (χ0v) is 13.4. The second-order valence-electron chi connectivity index (χ2n) is 4.66. The van der Waals surface area contributed by atoms with Gasteiger partial charge in [-0.1, -0.05) is 17.8 Å². The van der Waals surface area contributed by atoms with E-state index in [9.17, 15) is 0 Å². The van der Waals surface area contributed by atoms with E-state index in [0.717, 1.165) is 38.6 Å². The highest BCUT2D eigenvalue weighted by Crippen LogP contribution is 2.30. The van der Waals surface area contributed by atoms with Gasteiger partial charge in [0.1, 0.15) is 5.75 Å². The van der Waals surface area contributed by atoms with E-state index < -0.39 is 0 Å². The summed E-state index contributed by atoms with van der Waals surface area (Å²) >= 11 is 3.29. The molecule has 0 aliphatic carbocycles. The molecule has 0 bridgehead atoms. The van der Waals surface area contributed by atoms with Gasteiger partial charge in [0.15, 0.2) is 5.82 Å². The molecule has 0 atom stereocenters. The van der Waals surface area contributed by atoms with Crippen molar-refractivity contribution in [3.63, 3.8) is 0 Å². The SMILES string of the molecule is COc1ccc(C2=Nn3c(nnc3-c3cccs3)SC2)cc1. The Labute approximate surface area is 135 Å². The summed E-state index contributed by atoms with van der Waals surface area (Å²) in [5, 5.41) is 16.1. The smallest absolute Gasteiger partial charge is 0.212 e. The normalized spacial score (nSPS) is 13.6. The van der Waals surface area contributed by atoms with Gasteiger partial charge in [-0.3, -0.25) is 0 Å². The molecule has 0 saturated heterocycles. The monoisotopic (exact) mass is 328 g/mol. The molecule has 22 heavy (non-hydrogen) atoms. The molecule has 5 nitrogen and oxygen atoms in total. The summed E-state index contributed by atoms with van der Waals surface area (Å²) in [6.07, 6.45) is 0. The average molecular weight is 328 g/mol. The molecule has 3 aromatic rings. The summed E-state index contributed by atoms with van der Waals surface area (Å²) in [6, 6.07) is 12.0. The largest absolute Gasteiger partial charge is 0.497 e. The second kappa shape index (κ2) is 5.58. The van der Waals surface area contributed by atoms with E-state index in [1.165, 1.54) is 0 Å². The van der Waals surface area contributed by atoms with Gasteiger partial charge in [-0.2, -0.15) is 9.78 Å². The maximum Gasteiger partial charge on any atom is 0.212 e. The molecular weight excluding hydrogens is 316 g/mol. The van der Waals surface area contributed by atoms with Crippen LogP contribution in [0.1, 0.15) is 5.56 Å². The molecule has 4 rings (SSSR count). The van der Waals surface area contributed by atoms with Crippen molar-refractivity contribution >= 4 is 28.8 Å². The van der Waals surface area contributed by atoms with Gasteiger partial charge in [0, 0.05) is 5.75 Å². The van der Waals surface area contributed by atoms with Crippen LogP contribution in [0, 0.1) is 0 Å². The van der Waals surface area contributed by atoms with Gasteiger partial charge in [0.05, 0.1) is 17.7 Å². The molecule has 2 aromatic heterocycles. The van der Waals surface area contributed by atoms with Gasteiger partial charge in [-0.25, -0.2) is 0 Å². The Morgan fingerprint density at radius 3 is 2.73 bits per heavy atom. The molecule has 1 aliphatic heterocycles. The van der Waals surface area contributed by atoms with Crippen LogP contribution in [0.4, 0.5) is 0 Å². The lowest BCUT2D eigenvalue weighted by Crippen LogP contribution is -2.13. The van der Waals surface area contributed by atoms with Gasteiger partial charge in [0.2, 0.25) is 5.16 Å². The molecular formula is C15H12N4OS2. The van der Waals surface area contributed by atoms with Crippen LogP contribution in [-0.2, 0) is 0 Å². The Morgan fingerprint density at radius 2 is 2.00 bits per heavy atom. The number of hydrogen-bond donors (Lipinski definition) is 0. The minimum absolute atomic E-state index is 0.787. The van der Waals surface area contributed by atoms with Crippen molar-refractivity contribution in [1.29, 1.82) is 0 Å². The summed E-state index contributed by atoms with van der Waals surface area (Å²) in [5.74, 6) is 2.43. The van der Waals surface area contributed by atoms with Crippen molar-refractivity contribution in [1.82, 2.24) is 14.9 Å². The van der Waals surface area contributed by atoms with Crippen molar-refractivity contribution in [3.8, 4) is 16.5 Å². The number of hydrogen-bond acceptors (Lipinski definition) is 6. The van der Waals surface area contributed by atoms with Gasteiger partial charge < -0.3 is 4.74 Å². The molecule has 7 heteroatoms. The molecule has 0 spiro atoms. The van der Waals surface area contributed by atoms with Gasteiger partial charge in [-0.05, 0) is 41.3 Å². The van der Waals surface area contributed by atoms with E-state index >= 15 is 0 Å². The quantitative estimate of drug-likeness (QED) is 0.740. The van der Waals surface area contributed by atoms with Crippen molar-refractivity contribution in [2.45, 2.75) is 5.16 Å². The number of nitrogens with zero attached hydrogens (tertiary/aromatic N) is 4. The van der Waals surface area contributed by atoms with Crippen LogP contribution in [0.15, 0.2) is 52.0 Å². The zero-order chi connectivity index (χ0) is 14.9. The van der Waals surface area contributed by atoms with E-state index in [0.29, 0.717) is 0 Å². The predicted octanol–water partition coefficient (Wildman–Crippen LogP) is 3.37. The summed E-state index contributed by atoms with van der Waals surface area (Å²) in [6.45, 7) is 0. The number of thiophene rings is 1. The van der Waals surface area contributed by atoms with Crippen molar-refractivity contribution in [3.05, 3.63) is 47.3 Å². The summed E-state index contributed by atoms with van der Waals surface area (Å²) in [7, 11) is 1.67. The van der Waals surface area contributed by atoms with Crippen molar-refractivity contribution in [2.24, 2.45) is 5.10 Å². The van der Waals surface area contributed by atoms with Crippen molar-refractivity contribution < 1.29 is 4.74 Å². The lowest BCUT2D eigenvalue weighted by Gasteiger charge is -2.13. The third-order valence-corrected chi connectivity index (χ3v) is 5.13. The molecule has 0 saturated carbocycles. The van der Waals surface area contributed by atoms with Crippen LogP contribution in [0.3, 0.4) is 0 Å². The third kappa shape index (κ3) is 2.32. The fourth-order valence-electron chi connectivity index (χ4n) is 2.21. The molecule has 1 aliphatic rings. The molecule has 0 fully saturated rings. The fraction of sp³-hybridized carbons (Fsp3) is 0.133.